The molecule has 3 saturated heterocycles. The van der Waals surface area contributed by atoms with Crippen LogP contribution in [-0.4, -0.2) is 87.2 Å². The summed E-state index contributed by atoms with van der Waals surface area (Å²) in [4.78, 5) is 16.9. The van der Waals surface area contributed by atoms with E-state index >= 15 is 0 Å². The van der Waals surface area contributed by atoms with E-state index in [-0.39, 0.29) is 12.0 Å². The van der Waals surface area contributed by atoms with E-state index in [1.54, 1.807) is 6.20 Å². The van der Waals surface area contributed by atoms with Crippen molar-refractivity contribution in [3.05, 3.63) is 11.9 Å². The number of aliphatic hydroxyl groups excluding tert-OH is 1. The second-order valence-electron chi connectivity index (χ2n) is 7.67. The zero-order chi connectivity index (χ0) is 17.2. The number of β-amino-alcohol motifs (C(OH)–C–C–N with tert-alkyl or cyclic N) is 1. The van der Waals surface area contributed by atoms with E-state index in [1.807, 2.05) is 9.58 Å². The molecule has 4 rings (SSSR count). The van der Waals surface area contributed by atoms with Gasteiger partial charge in [0.1, 0.15) is 0 Å². The molecule has 1 amide bonds. The van der Waals surface area contributed by atoms with E-state index in [4.69, 9.17) is 0 Å². The molecule has 1 aromatic heterocycles. The molecule has 3 fully saturated rings. The Hall–Kier alpha value is -1.51. The molecule has 1 atom stereocenters. The van der Waals surface area contributed by atoms with Crippen LogP contribution in [0.4, 0.5) is 0 Å². The van der Waals surface area contributed by atoms with Crippen LogP contribution in [0.25, 0.3) is 0 Å². The summed E-state index contributed by atoms with van der Waals surface area (Å²) >= 11 is 0. The minimum absolute atomic E-state index is 0.00452. The van der Waals surface area contributed by atoms with E-state index in [2.05, 4.69) is 20.5 Å². The van der Waals surface area contributed by atoms with Crippen LogP contribution in [0.1, 0.15) is 36.2 Å². The summed E-state index contributed by atoms with van der Waals surface area (Å²) in [5.74, 6) is 0.566. The molecule has 1 aromatic rings. The molecule has 4 heterocycles. The van der Waals surface area contributed by atoms with Gasteiger partial charge in [0.2, 0.25) is 0 Å². The highest BCUT2D eigenvalue weighted by Crippen LogP contribution is 2.22. The molecule has 0 bridgehead atoms. The Morgan fingerprint density at radius 3 is 2.76 bits per heavy atom. The van der Waals surface area contributed by atoms with Crippen LogP contribution in [-0.2, 0) is 6.54 Å². The molecule has 0 spiro atoms. The Kier molecular flexibility index (Phi) is 5.00. The minimum atomic E-state index is -0.158. The van der Waals surface area contributed by atoms with Gasteiger partial charge in [-0.25, -0.2) is 0 Å². The maximum absolute atomic E-state index is 12.7. The Bertz CT molecular complexity index is 586. The zero-order valence-corrected chi connectivity index (χ0v) is 14.7. The number of carbonyl (C=O) groups excluding carboxylic acids is 1. The summed E-state index contributed by atoms with van der Waals surface area (Å²) in [5, 5.41) is 21.1. The number of nitrogens with one attached hydrogen (secondary N) is 1. The fourth-order valence-electron chi connectivity index (χ4n) is 4.21. The third-order valence-corrected chi connectivity index (χ3v) is 5.76. The smallest absolute Gasteiger partial charge is 0.276 e. The lowest BCUT2D eigenvalue weighted by atomic mass is 9.98. The fraction of sp³-hybridized carbons (Fsp3) is 0.824. The average molecular weight is 348 g/mol. The number of aliphatic hydroxyl groups is 1. The third-order valence-electron chi connectivity index (χ3n) is 5.76. The molecule has 3 aliphatic rings. The molecule has 8 nitrogen and oxygen atoms in total. The second kappa shape index (κ2) is 7.39. The number of hydrogen-bond donors (Lipinski definition) is 2. The Labute approximate surface area is 148 Å². The number of likely N-dealkylation sites (tertiary alicyclic amines) is 2. The molecular weight excluding hydrogens is 320 g/mol. The quantitative estimate of drug-likeness (QED) is 0.767. The summed E-state index contributed by atoms with van der Waals surface area (Å²) in [5.41, 5.74) is 0.460. The highest BCUT2D eigenvalue weighted by molar-refractivity contribution is 5.92. The number of nitrogens with zero attached hydrogens (tertiary/aromatic N) is 5. The number of hydrogen-bond acceptors (Lipinski definition) is 6. The van der Waals surface area contributed by atoms with Gasteiger partial charge in [0.15, 0.2) is 5.69 Å². The van der Waals surface area contributed by atoms with Gasteiger partial charge in [0, 0.05) is 38.8 Å². The molecular formula is C17H28N6O2. The summed E-state index contributed by atoms with van der Waals surface area (Å²) in [7, 11) is 0. The number of carbonyl (C=O) groups is 1. The number of amides is 1. The molecule has 0 aliphatic carbocycles. The van der Waals surface area contributed by atoms with E-state index in [0.717, 1.165) is 58.7 Å². The van der Waals surface area contributed by atoms with Gasteiger partial charge in [-0.1, -0.05) is 5.21 Å². The molecule has 1 unspecified atom stereocenters. The Morgan fingerprint density at radius 1 is 1.28 bits per heavy atom. The van der Waals surface area contributed by atoms with E-state index in [1.165, 1.54) is 12.8 Å². The van der Waals surface area contributed by atoms with Gasteiger partial charge in [-0.3, -0.25) is 14.4 Å². The van der Waals surface area contributed by atoms with Gasteiger partial charge in [-0.05, 0) is 44.7 Å². The van der Waals surface area contributed by atoms with Gasteiger partial charge < -0.3 is 15.3 Å². The van der Waals surface area contributed by atoms with Crippen molar-refractivity contribution in [1.82, 2.24) is 30.1 Å². The van der Waals surface area contributed by atoms with E-state index in [0.29, 0.717) is 17.7 Å². The van der Waals surface area contributed by atoms with Crippen LogP contribution in [0.5, 0.6) is 0 Å². The highest BCUT2D eigenvalue weighted by atomic mass is 16.3. The predicted molar refractivity (Wildman–Crippen MR) is 92.1 cm³/mol. The molecule has 0 aromatic carbocycles. The van der Waals surface area contributed by atoms with Crippen molar-refractivity contribution in [3.8, 4) is 0 Å². The topological polar surface area (TPSA) is 86.5 Å². The summed E-state index contributed by atoms with van der Waals surface area (Å²) in [6, 6.07) is 0.502. The first-order valence-corrected chi connectivity index (χ1v) is 9.51. The van der Waals surface area contributed by atoms with Gasteiger partial charge >= 0.3 is 0 Å². The third kappa shape index (κ3) is 3.86. The molecule has 0 radical (unpaired) electrons. The van der Waals surface area contributed by atoms with Crippen LogP contribution < -0.4 is 5.32 Å². The van der Waals surface area contributed by atoms with Crippen molar-refractivity contribution in [1.29, 1.82) is 0 Å². The van der Waals surface area contributed by atoms with Crippen molar-refractivity contribution in [2.75, 3.05) is 39.3 Å². The molecule has 138 valence electrons. The first kappa shape index (κ1) is 16.9. The zero-order valence-electron chi connectivity index (χ0n) is 14.7. The lowest BCUT2D eigenvalue weighted by molar-refractivity contribution is -0.0381. The number of piperidine rings is 2. The summed E-state index contributed by atoms with van der Waals surface area (Å²) in [6.07, 6.45) is 5.99. The first-order chi connectivity index (χ1) is 12.2. The first-order valence-electron chi connectivity index (χ1n) is 9.51. The van der Waals surface area contributed by atoms with Gasteiger partial charge in [-0.2, -0.15) is 0 Å². The molecule has 0 saturated carbocycles. The van der Waals surface area contributed by atoms with Crippen molar-refractivity contribution < 1.29 is 9.90 Å². The lowest BCUT2D eigenvalue weighted by Gasteiger charge is -2.45. The van der Waals surface area contributed by atoms with Crippen molar-refractivity contribution in [2.45, 2.75) is 44.4 Å². The SMILES string of the molecule is O=C(c1cn(CC2CCCNC2)nn1)N1CCC(N2CC(O)C2)CC1. The van der Waals surface area contributed by atoms with Crippen LogP contribution in [0, 0.1) is 5.92 Å². The maximum Gasteiger partial charge on any atom is 0.276 e. The lowest BCUT2D eigenvalue weighted by Crippen LogP contribution is -2.58. The molecule has 8 heteroatoms. The second-order valence-corrected chi connectivity index (χ2v) is 7.67. The minimum Gasteiger partial charge on any atom is -0.390 e. The average Bonchev–Trinajstić information content (AvgIpc) is 3.08. The summed E-state index contributed by atoms with van der Waals surface area (Å²) in [6.45, 7) is 6.02. The van der Waals surface area contributed by atoms with Crippen LogP contribution >= 0.6 is 0 Å². The van der Waals surface area contributed by atoms with Gasteiger partial charge in [-0.15, -0.1) is 5.10 Å². The molecule has 2 N–H and O–H groups in total. The Balaban J connectivity index is 1.28. The van der Waals surface area contributed by atoms with Crippen LogP contribution in [0.15, 0.2) is 6.20 Å². The van der Waals surface area contributed by atoms with Crippen LogP contribution in [0.2, 0.25) is 0 Å². The monoisotopic (exact) mass is 348 g/mol. The van der Waals surface area contributed by atoms with E-state index in [9.17, 15) is 9.90 Å². The van der Waals surface area contributed by atoms with E-state index < -0.39 is 0 Å². The summed E-state index contributed by atoms with van der Waals surface area (Å²) < 4.78 is 1.82. The standard InChI is InChI=1S/C17H28N6O2/c24-15-10-22(11-15)14-3-6-21(7-4-14)17(25)16-12-23(20-19-16)9-13-2-1-5-18-8-13/h12-15,18,24H,1-11H2. The predicted octanol–water partition coefficient (Wildman–Crippen LogP) is -0.441. The highest BCUT2D eigenvalue weighted by Gasteiger charge is 2.34. The van der Waals surface area contributed by atoms with Crippen LogP contribution in [0.3, 0.4) is 0 Å². The normalized spacial score (nSPS) is 26.6. The van der Waals surface area contributed by atoms with Crippen molar-refractivity contribution in [3.63, 3.8) is 0 Å². The largest absolute Gasteiger partial charge is 0.390 e. The van der Waals surface area contributed by atoms with Gasteiger partial charge in [0.05, 0.1) is 12.3 Å². The molecule has 3 aliphatic heterocycles. The maximum atomic E-state index is 12.7. The van der Waals surface area contributed by atoms with Gasteiger partial charge in [0.25, 0.3) is 5.91 Å². The van der Waals surface area contributed by atoms with Crippen molar-refractivity contribution in [2.24, 2.45) is 5.92 Å². The molecule has 25 heavy (non-hydrogen) atoms. The van der Waals surface area contributed by atoms with Crippen molar-refractivity contribution >= 4 is 5.91 Å². The fourth-order valence-corrected chi connectivity index (χ4v) is 4.21. The number of aromatic nitrogens is 3. The Morgan fingerprint density at radius 2 is 2.08 bits per heavy atom. The number of rotatable bonds is 4.